The van der Waals surface area contributed by atoms with Gasteiger partial charge in [-0.3, -0.25) is 4.79 Å². The number of ether oxygens (including phenoxy) is 1. The predicted molar refractivity (Wildman–Crippen MR) is 83.1 cm³/mol. The number of fused-ring (bicyclic) bond motifs is 1. The zero-order valence-electron chi connectivity index (χ0n) is 12.6. The molecule has 2 aliphatic rings. The smallest absolute Gasteiger partial charge is 0.246 e. The van der Waals surface area contributed by atoms with E-state index in [1.807, 2.05) is 35.2 Å². The largest absolute Gasteiger partial charge is 0.497 e. The molecule has 0 spiro atoms. The van der Waals surface area contributed by atoms with Gasteiger partial charge in [-0.05, 0) is 42.5 Å². The van der Waals surface area contributed by atoms with Gasteiger partial charge >= 0.3 is 0 Å². The van der Waals surface area contributed by atoms with Crippen LogP contribution in [0.25, 0.3) is 6.08 Å². The Hall–Kier alpha value is -1.81. The normalized spacial score (nSPS) is 28.1. The molecule has 21 heavy (non-hydrogen) atoms. The van der Waals surface area contributed by atoms with Crippen LogP contribution in [0.2, 0.25) is 0 Å². The molecule has 4 nitrogen and oxygen atoms in total. The van der Waals surface area contributed by atoms with Crippen molar-refractivity contribution >= 4 is 12.0 Å². The fourth-order valence-electron chi connectivity index (χ4n) is 3.44. The second kappa shape index (κ2) is 5.90. The van der Waals surface area contributed by atoms with Crippen molar-refractivity contribution in [3.8, 4) is 5.75 Å². The third-order valence-corrected chi connectivity index (χ3v) is 4.75. The lowest BCUT2D eigenvalue weighted by atomic mass is 9.95. The molecular formula is C17H22N2O2. The number of nitrogens with one attached hydrogen (secondary N) is 1. The molecule has 2 aliphatic heterocycles. The van der Waals surface area contributed by atoms with E-state index in [9.17, 15) is 4.79 Å². The first-order valence-corrected chi connectivity index (χ1v) is 7.52. The van der Waals surface area contributed by atoms with Gasteiger partial charge in [0.1, 0.15) is 5.75 Å². The molecule has 3 unspecified atom stereocenters. The summed E-state index contributed by atoms with van der Waals surface area (Å²) in [5.74, 6) is 2.18. The number of carbonyl (C=O) groups excluding carboxylic acids is 1. The number of nitrogens with zero attached hydrogens (tertiary/aromatic N) is 1. The van der Waals surface area contributed by atoms with Gasteiger partial charge in [0.2, 0.25) is 5.91 Å². The van der Waals surface area contributed by atoms with Gasteiger partial charge in [0, 0.05) is 31.8 Å². The molecule has 4 heteroatoms. The number of carbonyl (C=O) groups is 1. The Kier molecular flexibility index (Phi) is 3.97. The van der Waals surface area contributed by atoms with E-state index in [4.69, 9.17) is 4.74 Å². The van der Waals surface area contributed by atoms with E-state index in [0.717, 1.165) is 30.9 Å². The summed E-state index contributed by atoms with van der Waals surface area (Å²) < 4.78 is 5.13. The topological polar surface area (TPSA) is 41.6 Å². The first kappa shape index (κ1) is 14.1. The van der Waals surface area contributed by atoms with E-state index in [1.54, 1.807) is 13.2 Å². The lowest BCUT2D eigenvalue weighted by molar-refractivity contribution is -0.126. The van der Waals surface area contributed by atoms with Gasteiger partial charge in [-0.1, -0.05) is 12.1 Å². The third-order valence-electron chi connectivity index (χ3n) is 4.75. The summed E-state index contributed by atoms with van der Waals surface area (Å²) in [5, 5.41) is 3.41. The van der Waals surface area contributed by atoms with Gasteiger partial charge in [-0.15, -0.1) is 0 Å². The van der Waals surface area contributed by atoms with Crippen LogP contribution in [0, 0.1) is 11.8 Å². The molecule has 1 aromatic rings. The minimum Gasteiger partial charge on any atom is -0.497 e. The molecule has 1 amide bonds. The third kappa shape index (κ3) is 2.81. The van der Waals surface area contributed by atoms with E-state index in [2.05, 4.69) is 12.2 Å². The van der Waals surface area contributed by atoms with Gasteiger partial charge in [0.15, 0.2) is 0 Å². The van der Waals surface area contributed by atoms with Crippen molar-refractivity contribution in [2.45, 2.75) is 13.0 Å². The van der Waals surface area contributed by atoms with Crippen molar-refractivity contribution in [2.24, 2.45) is 11.8 Å². The number of hydrogen-bond donors (Lipinski definition) is 1. The van der Waals surface area contributed by atoms with E-state index in [0.29, 0.717) is 17.9 Å². The lowest BCUT2D eigenvalue weighted by Crippen LogP contribution is -2.37. The van der Waals surface area contributed by atoms with Crippen molar-refractivity contribution in [1.82, 2.24) is 10.2 Å². The van der Waals surface area contributed by atoms with Gasteiger partial charge in [-0.2, -0.15) is 0 Å². The number of rotatable bonds is 3. The molecule has 112 valence electrons. The van der Waals surface area contributed by atoms with E-state index in [1.165, 1.54) is 0 Å². The number of likely N-dealkylation sites (tertiary alicyclic amines) is 1. The zero-order valence-corrected chi connectivity index (χ0v) is 12.6. The zero-order chi connectivity index (χ0) is 14.8. The summed E-state index contributed by atoms with van der Waals surface area (Å²) in [6, 6.07) is 8.04. The maximum Gasteiger partial charge on any atom is 0.246 e. The second-order valence-electron chi connectivity index (χ2n) is 5.92. The molecular weight excluding hydrogens is 264 g/mol. The fraction of sp³-hybridized carbons (Fsp3) is 0.471. The molecule has 1 N–H and O–H groups in total. The first-order valence-electron chi connectivity index (χ1n) is 7.52. The molecule has 2 heterocycles. The highest BCUT2D eigenvalue weighted by molar-refractivity contribution is 5.92. The number of amides is 1. The molecule has 3 atom stereocenters. The van der Waals surface area contributed by atoms with Crippen LogP contribution >= 0.6 is 0 Å². The average molecular weight is 286 g/mol. The lowest BCUT2D eigenvalue weighted by Gasteiger charge is -2.23. The van der Waals surface area contributed by atoms with Crippen molar-refractivity contribution in [2.75, 3.05) is 26.7 Å². The van der Waals surface area contributed by atoms with Crippen LogP contribution in [0.15, 0.2) is 30.3 Å². The van der Waals surface area contributed by atoms with E-state index in [-0.39, 0.29) is 5.91 Å². The molecule has 0 aliphatic carbocycles. The molecule has 1 aromatic carbocycles. The van der Waals surface area contributed by atoms with Crippen LogP contribution in [0.5, 0.6) is 5.75 Å². The summed E-state index contributed by atoms with van der Waals surface area (Å²) >= 11 is 0. The van der Waals surface area contributed by atoms with Gasteiger partial charge in [0.05, 0.1) is 7.11 Å². The Morgan fingerprint density at radius 3 is 2.76 bits per heavy atom. The van der Waals surface area contributed by atoms with E-state index < -0.39 is 0 Å². The Bertz CT molecular complexity index is 538. The first-order chi connectivity index (χ1) is 10.2. The quantitative estimate of drug-likeness (QED) is 0.861. The van der Waals surface area contributed by atoms with Crippen LogP contribution < -0.4 is 10.1 Å². The summed E-state index contributed by atoms with van der Waals surface area (Å²) in [6.45, 7) is 5.13. The van der Waals surface area contributed by atoms with Crippen LogP contribution in [-0.4, -0.2) is 43.6 Å². The Balaban J connectivity index is 1.64. The minimum atomic E-state index is 0.118. The number of methoxy groups -OCH3 is 1. The Morgan fingerprint density at radius 1 is 1.33 bits per heavy atom. The molecule has 2 saturated heterocycles. The Labute approximate surface area is 125 Å². The summed E-state index contributed by atoms with van der Waals surface area (Å²) in [5.41, 5.74) is 1.01. The molecule has 0 saturated carbocycles. The van der Waals surface area contributed by atoms with Gasteiger partial charge in [-0.25, -0.2) is 0 Å². The van der Waals surface area contributed by atoms with Crippen LogP contribution in [-0.2, 0) is 4.79 Å². The average Bonchev–Trinajstić information content (AvgIpc) is 3.09. The van der Waals surface area contributed by atoms with Crippen molar-refractivity contribution in [3.63, 3.8) is 0 Å². The monoisotopic (exact) mass is 286 g/mol. The second-order valence-corrected chi connectivity index (χ2v) is 5.92. The maximum atomic E-state index is 12.4. The highest BCUT2D eigenvalue weighted by Gasteiger charge is 2.42. The van der Waals surface area contributed by atoms with Crippen molar-refractivity contribution in [3.05, 3.63) is 35.9 Å². The maximum absolute atomic E-state index is 12.4. The van der Waals surface area contributed by atoms with Crippen LogP contribution in [0.4, 0.5) is 0 Å². The summed E-state index contributed by atoms with van der Waals surface area (Å²) in [4.78, 5) is 14.4. The Morgan fingerprint density at radius 2 is 2.10 bits per heavy atom. The SMILES string of the molecule is COc1ccc(C=CC(=O)N2CC3CNCC3C2C)cc1. The minimum absolute atomic E-state index is 0.118. The predicted octanol–water partition coefficient (Wildman–Crippen LogP) is 1.77. The van der Waals surface area contributed by atoms with Crippen LogP contribution in [0.1, 0.15) is 12.5 Å². The van der Waals surface area contributed by atoms with Crippen molar-refractivity contribution < 1.29 is 9.53 Å². The standard InChI is InChI=1S/C17H22N2O2/c1-12-16-10-18-9-14(16)11-19(12)17(20)8-5-13-3-6-15(21-2)7-4-13/h3-8,12,14,16,18H,9-11H2,1-2H3. The fourth-order valence-corrected chi connectivity index (χ4v) is 3.44. The molecule has 0 radical (unpaired) electrons. The highest BCUT2D eigenvalue weighted by atomic mass is 16.5. The van der Waals surface area contributed by atoms with E-state index >= 15 is 0 Å². The summed E-state index contributed by atoms with van der Waals surface area (Å²) in [7, 11) is 1.65. The van der Waals surface area contributed by atoms with Crippen LogP contribution in [0.3, 0.4) is 0 Å². The summed E-state index contributed by atoms with van der Waals surface area (Å²) in [6.07, 6.45) is 3.56. The molecule has 3 rings (SSSR count). The van der Waals surface area contributed by atoms with Crippen molar-refractivity contribution in [1.29, 1.82) is 0 Å². The van der Waals surface area contributed by atoms with Gasteiger partial charge in [0.25, 0.3) is 0 Å². The molecule has 0 bridgehead atoms. The highest BCUT2D eigenvalue weighted by Crippen LogP contribution is 2.32. The number of hydrogen-bond acceptors (Lipinski definition) is 3. The molecule has 2 fully saturated rings. The number of benzene rings is 1. The molecule has 0 aromatic heterocycles. The van der Waals surface area contributed by atoms with Gasteiger partial charge < -0.3 is 15.0 Å².